The van der Waals surface area contributed by atoms with Gasteiger partial charge < -0.3 is 9.84 Å². The van der Waals surface area contributed by atoms with Gasteiger partial charge in [0.25, 0.3) is 0 Å². The van der Waals surface area contributed by atoms with Crippen LogP contribution in [-0.2, 0) is 0 Å². The molecular weight excluding hydrogens is 360 g/mol. The first-order chi connectivity index (χ1) is 13.2. The van der Waals surface area contributed by atoms with E-state index in [1.807, 2.05) is 18.2 Å². The Morgan fingerprint density at radius 3 is 2.33 bits per heavy atom. The fourth-order valence-corrected chi connectivity index (χ4v) is 3.26. The largest absolute Gasteiger partial charge is 0.491 e. The predicted molar refractivity (Wildman–Crippen MR) is 111 cm³/mol. The zero-order valence-corrected chi connectivity index (χ0v) is 16.3. The number of nitrogens with zero attached hydrogens (tertiary/aromatic N) is 2. The van der Waals surface area contributed by atoms with Crippen LogP contribution in [0.4, 0.5) is 0 Å². The molecular formula is C22H27ClN2O2. The van der Waals surface area contributed by atoms with Crippen LogP contribution in [0.3, 0.4) is 0 Å². The van der Waals surface area contributed by atoms with Crippen LogP contribution in [0.15, 0.2) is 60.7 Å². The molecule has 5 heteroatoms. The standard InChI is InChI=1S/C22H27ClN2O2/c23-20-8-10-22(11-9-20)27-18-21(26)17-25-15-13-24(14-16-25)12-4-7-19-5-2-1-3-6-19/h1-11,21,26H,12-18H2/b7-4+. The van der Waals surface area contributed by atoms with Gasteiger partial charge in [-0.2, -0.15) is 0 Å². The molecule has 1 saturated heterocycles. The Morgan fingerprint density at radius 2 is 1.63 bits per heavy atom. The summed E-state index contributed by atoms with van der Waals surface area (Å²) in [5.74, 6) is 0.730. The van der Waals surface area contributed by atoms with E-state index in [2.05, 4.69) is 46.2 Å². The van der Waals surface area contributed by atoms with Crippen LogP contribution in [0, 0.1) is 0 Å². The van der Waals surface area contributed by atoms with Crippen LogP contribution in [-0.4, -0.2) is 66.9 Å². The highest BCUT2D eigenvalue weighted by Gasteiger charge is 2.18. The number of benzene rings is 2. The number of hydrogen-bond donors (Lipinski definition) is 1. The molecule has 1 atom stereocenters. The molecule has 1 unspecified atom stereocenters. The molecule has 0 amide bonds. The zero-order valence-electron chi connectivity index (χ0n) is 15.5. The van der Waals surface area contributed by atoms with Crippen molar-refractivity contribution in [3.63, 3.8) is 0 Å². The minimum Gasteiger partial charge on any atom is -0.491 e. The quantitative estimate of drug-likeness (QED) is 0.754. The summed E-state index contributed by atoms with van der Waals surface area (Å²) in [6.45, 7) is 5.87. The molecule has 0 spiro atoms. The Balaban J connectivity index is 1.32. The minimum atomic E-state index is -0.495. The molecule has 1 fully saturated rings. The van der Waals surface area contributed by atoms with Gasteiger partial charge in [0, 0.05) is 44.3 Å². The van der Waals surface area contributed by atoms with E-state index in [0.717, 1.165) is 38.5 Å². The summed E-state index contributed by atoms with van der Waals surface area (Å²) < 4.78 is 5.63. The third-order valence-corrected chi connectivity index (χ3v) is 4.92. The van der Waals surface area contributed by atoms with Crippen molar-refractivity contribution in [1.29, 1.82) is 0 Å². The predicted octanol–water partition coefficient (Wildman–Crippen LogP) is 3.41. The minimum absolute atomic E-state index is 0.293. The Hall–Kier alpha value is -1.85. The van der Waals surface area contributed by atoms with E-state index in [1.165, 1.54) is 5.56 Å². The average molecular weight is 387 g/mol. The number of hydrogen-bond acceptors (Lipinski definition) is 4. The summed E-state index contributed by atoms with van der Waals surface area (Å²) in [6.07, 6.45) is 3.90. The highest BCUT2D eigenvalue weighted by molar-refractivity contribution is 6.30. The molecule has 2 aromatic carbocycles. The molecule has 0 aromatic heterocycles. The summed E-state index contributed by atoms with van der Waals surface area (Å²) in [5, 5.41) is 10.9. The molecule has 0 radical (unpaired) electrons. The maximum atomic E-state index is 10.2. The molecule has 3 rings (SSSR count). The molecule has 0 bridgehead atoms. The number of piperazine rings is 1. The van der Waals surface area contributed by atoms with Crippen molar-refractivity contribution in [2.24, 2.45) is 0 Å². The van der Waals surface area contributed by atoms with E-state index in [-0.39, 0.29) is 0 Å². The number of ether oxygens (including phenoxy) is 1. The van der Waals surface area contributed by atoms with E-state index < -0.39 is 6.10 Å². The lowest BCUT2D eigenvalue weighted by Crippen LogP contribution is -2.49. The summed E-state index contributed by atoms with van der Waals surface area (Å²) in [4.78, 5) is 4.74. The highest BCUT2D eigenvalue weighted by Crippen LogP contribution is 2.15. The van der Waals surface area contributed by atoms with Crippen molar-refractivity contribution in [1.82, 2.24) is 9.80 Å². The number of aliphatic hydroxyl groups excluding tert-OH is 1. The Labute approximate surface area is 166 Å². The third kappa shape index (κ3) is 7.00. The van der Waals surface area contributed by atoms with Crippen molar-refractivity contribution >= 4 is 17.7 Å². The van der Waals surface area contributed by atoms with E-state index in [9.17, 15) is 5.11 Å². The lowest BCUT2D eigenvalue weighted by Gasteiger charge is -2.35. The van der Waals surface area contributed by atoms with Gasteiger partial charge in [-0.25, -0.2) is 0 Å². The van der Waals surface area contributed by atoms with E-state index in [0.29, 0.717) is 18.2 Å². The number of halogens is 1. The maximum Gasteiger partial charge on any atom is 0.119 e. The SMILES string of the molecule is OC(COc1ccc(Cl)cc1)CN1CCN(C/C=C/c2ccccc2)CC1. The first kappa shape index (κ1) is 19.9. The lowest BCUT2D eigenvalue weighted by atomic mass is 10.2. The molecule has 2 aromatic rings. The first-order valence-electron chi connectivity index (χ1n) is 9.42. The van der Waals surface area contributed by atoms with Crippen LogP contribution in [0.2, 0.25) is 5.02 Å². The van der Waals surface area contributed by atoms with Crippen molar-refractivity contribution in [3.8, 4) is 5.75 Å². The van der Waals surface area contributed by atoms with Gasteiger partial charge in [-0.15, -0.1) is 0 Å². The Bertz CT molecular complexity index is 698. The zero-order chi connectivity index (χ0) is 18.9. The average Bonchev–Trinajstić information content (AvgIpc) is 2.70. The molecule has 1 aliphatic heterocycles. The topological polar surface area (TPSA) is 35.9 Å². The smallest absolute Gasteiger partial charge is 0.119 e. The molecule has 4 nitrogen and oxygen atoms in total. The van der Waals surface area contributed by atoms with Gasteiger partial charge in [0.1, 0.15) is 18.5 Å². The molecule has 1 aliphatic rings. The lowest BCUT2D eigenvalue weighted by molar-refractivity contribution is 0.0482. The van der Waals surface area contributed by atoms with Crippen LogP contribution >= 0.6 is 11.6 Å². The molecule has 1 heterocycles. The number of aliphatic hydroxyl groups is 1. The van der Waals surface area contributed by atoms with Gasteiger partial charge in [-0.3, -0.25) is 9.80 Å². The van der Waals surface area contributed by atoms with Gasteiger partial charge in [0.05, 0.1) is 0 Å². The fourth-order valence-electron chi connectivity index (χ4n) is 3.13. The number of rotatable bonds is 8. The Kier molecular flexibility index (Phi) is 7.72. The van der Waals surface area contributed by atoms with E-state index >= 15 is 0 Å². The third-order valence-electron chi connectivity index (χ3n) is 4.66. The summed E-state index contributed by atoms with van der Waals surface area (Å²) in [6, 6.07) is 17.6. The van der Waals surface area contributed by atoms with Crippen molar-refractivity contribution < 1.29 is 9.84 Å². The van der Waals surface area contributed by atoms with Crippen LogP contribution in [0.1, 0.15) is 5.56 Å². The van der Waals surface area contributed by atoms with Gasteiger partial charge in [0.2, 0.25) is 0 Å². The van der Waals surface area contributed by atoms with Crippen LogP contribution in [0.25, 0.3) is 6.08 Å². The number of β-amino-alcohol motifs (C(OH)–C–C–N with tert-alkyl or cyclic N) is 1. The van der Waals surface area contributed by atoms with E-state index in [4.69, 9.17) is 16.3 Å². The van der Waals surface area contributed by atoms with Gasteiger partial charge in [-0.05, 0) is 29.8 Å². The summed E-state index contributed by atoms with van der Waals surface area (Å²) in [7, 11) is 0. The summed E-state index contributed by atoms with van der Waals surface area (Å²) >= 11 is 5.86. The fraction of sp³-hybridized carbons (Fsp3) is 0.364. The highest BCUT2D eigenvalue weighted by atomic mass is 35.5. The Morgan fingerprint density at radius 1 is 0.963 bits per heavy atom. The van der Waals surface area contributed by atoms with Crippen molar-refractivity contribution in [2.45, 2.75) is 6.10 Å². The van der Waals surface area contributed by atoms with Crippen LogP contribution < -0.4 is 4.74 Å². The van der Waals surface area contributed by atoms with Crippen molar-refractivity contribution in [2.75, 3.05) is 45.9 Å². The van der Waals surface area contributed by atoms with Gasteiger partial charge >= 0.3 is 0 Å². The first-order valence-corrected chi connectivity index (χ1v) is 9.79. The van der Waals surface area contributed by atoms with Gasteiger partial charge in [0.15, 0.2) is 0 Å². The second-order valence-electron chi connectivity index (χ2n) is 6.83. The monoisotopic (exact) mass is 386 g/mol. The summed E-state index contributed by atoms with van der Waals surface area (Å²) in [5.41, 5.74) is 1.24. The maximum absolute atomic E-state index is 10.2. The van der Waals surface area contributed by atoms with E-state index in [1.54, 1.807) is 12.1 Å². The molecule has 0 aliphatic carbocycles. The van der Waals surface area contributed by atoms with Crippen LogP contribution in [0.5, 0.6) is 5.75 Å². The normalized spacial score (nSPS) is 17.3. The molecule has 0 saturated carbocycles. The molecule has 144 valence electrons. The molecule has 27 heavy (non-hydrogen) atoms. The second kappa shape index (κ2) is 10.5. The second-order valence-corrected chi connectivity index (χ2v) is 7.27. The van der Waals surface area contributed by atoms with Crippen molar-refractivity contribution in [3.05, 3.63) is 71.3 Å². The molecule has 1 N–H and O–H groups in total. The van der Waals surface area contributed by atoms with Gasteiger partial charge in [-0.1, -0.05) is 54.1 Å².